The standard InChI is InChI=1S/C12H15ClFNO/c13-10-3-1-2-9(11(10)14)6-15-7-12(8-16)4-5-12/h1-3,15-16H,4-8H2. The van der Waals surface area contributed by atoms with Crippen molar-refractivity contribution in [3.05, 3.63) is 34.6 Å². The van der Waals surface area contributed by atoms with Crippen LogP contribution in [0.2, 0.25) is 5.02 Å². The smallest absolute Gasteiger partial charge is 0.146 e. The second-order valence-electron chi connectivity index (χ2n) is 4.47. The molecule has 1 fully saturated rings. The molecule has 0 spiro atoms. The van der Waals surface area contributed by atoms with Gasteiger partial charge in [-0.1, -0.05) is 23.7 Å². The summed E-state index contributed by atoms with van der Waals surface area (Å²) in [4.78, 5) is 0. The maximum atomic E-state index is 13.5. The molecule has 0 aliphatic heterocycles. The van der Waals surface area contributed by atoms with Crippen LogP contribution in [0.15, 0.2) is 18.2 Å². The van der Waals surface area contributed by atoms with Crippen molar-refractivity contribution in [2.24, 2.45) is 5.41 Å². The summed E-state index contributed by atoms with van der Waals surface area (Å²) in [6, 6.07) is 4.99. The first-order valence-corrected chi connectivity index (χ1v) is 5.79. The van der Waals surface area contributed by atoms with E-state index in [0.29, 0.717) is 12.1 Å². The lowest BCUT2D eigenvalue weighted by atomic mass is 10.1. The number of aliphatic hydroxyl groups is 1. The van der Waals surface area contributed by atoms with Crippen LogP contribution in [-0.4, -0.2) is 18.3 Å². The number of halogens is 2. The molecular formula is C12H15ClFNO. The van der Waals surface area contributed by atoms with Crippen LogP contribution in [0.25, 0.3) is 0 Å². The van der Waals surface area contributed by atoms with Crippen molar-refractivity contribution < 1.29 is 9.50 Å². The third kappa shape index (κ3) is 2.54. The lowest BCUT2D eigenvalue weighted by Crippen LogP contribution is -2.26. The van der Waals surface area contributed by atoms with Crippen molar-refractivity contribution in [2.75, 3.05) is 13.2 Å². The molecule has 1 saturated carbocycles. The largest absolute Gasteiger partial charge is 0.396 e. The molecule has 0 bridgehead atoms. The van der Waals surface area contributed by atoms with Crippen molar-refractivity contribution >= 4 is 11.6 Å². The number of nitrogens with one attached hydrogen (secondary N) is 1. The van der Waals surface area contributed by atoms with Gasteiger partial charge >= 0.3 is 0 Å². The number of aliphatic hydroxyl groups excluding tert-OH is 1. The Morgan fingerprint density at radius 2 is 2.19 bits per heavy atom. The Labute approximate surface area is 99.4 Å². The molecule has 0 saturated heterocycles. The zero-order valence-corrected chi connectivity index (χ0v) is 9.73. The molecule has 2 nitrogen and oxygen atoms in total. The van der Waals surface area contributed by atoms with Gasteiger partial charge in [0.15, 0.2) is 0 Å². The molecule has 2 rings (SSSR count). The molecule has 2 N–H and O–H groups in total. The molecule has 0 amide bonds. The van der Waals surface area contributed by atoms with Crippen LogP contribution in [0.5, 0.6) is 0 Å². The summed E-state index contributed by atoms with van der Waals surface area (Å²) in [5.41, 5.74) is 0.621. The Morgan fingerprint density at radius 1 is 1.44 bits per heavy atom. The van der Waals surface area contributed by atoms with Gasteiger partial charge in [-0.15, -0.1) is 0 Å². The summed E-state index contributed by atoms with van der Waals surface area (Å²) in [6.07, 6.45) is 2.10. The molecule has 1 aliphatic rings. The van der Waals surface area contributed by atoms with Gasteiger partial charge in [-0.05, 0) is 18.9 Å². The molecule has 0 atom stereocenters. The minimum absolute atomic E-state index is 0.0506. The fraction of sp³-hybridized carbons (Fsp3) is 0.500. The van der Waals surface area contributed by atoms with Crippen LogP contribution in [0.1, 0.15) is 18.4 Å². The Kier molecular flexibility index (Phi) is 3.47. The van der Waals surface area contributed by atoms with E-state index in [2.05, 4.69) is 5.32 Å². The van der Waals surface area contributed by atoms with E-state index in [9.17, 15) is 4.39 Å². The minimum Gasteiger partial charge on any atom is -0.396 e. The Hall–Kier alpha value is -0.640. The second kappa shape index (κ2) is 4.70. The molecule has 0 heterocycles. The van der Waals surface area contributed by atoms with Gasteiger partial charge in [0, 0.05) is 30.7 Å². The maximum absolute atomic E-state index is 13.5. The lowest BCUT2D eigenvalue weighted by molar-refractivity contribution is 0.207. The molecule has 0 aromatic heterocycles. The predicted octanol–water partition coefficient (Wildman–Crippen LogP) is 2.34. The third-order valence-corrected chi connectivity index (χ3v) is 3.43. The van der Waals surface area contributed by atoms with E-state index in [-0.39, 0.29) is 22.9 Å². The highest BCUT2D eigenvalue weighted by Crippen LogP contribution is 2.44. The van der Waals surface area contributed by atoms with Gasteiger partial charge in [0.1, 0.15) is 5.82 Å². The molecule has 4 heteroatoms. The molecule has 0 unspecified atom stereocenters. The van der Waals surface area contributed by atoms with Crippen LogP contribution in [-0.2, 0) is 6.54 Å². The minimum atomic E-state index is -0.356. The molecule has 1 aromatic carbocycles. The average Bonchev–Trinajstić information content (AvgIpc) is 3.05. The summed E-state index contributed by atoms with van der Waals surface area (Å²) in [7, 11) is 0. The number of hydrogen-bond donors (Lipinski definition) is 2. The topological polar surface area (TPSA) is 32.3 Å². The fourth-order valence-corrected chi connectivity index (χ4v) is 1.91. The van der Waals surface area contributed by atoms with Crippen LogP contribution < -0.4 is 5.32 Å². The van der Waals surface area contributed by atoms with Crippen LogP contribution in [0, 0.1) is 11.2 Å². The molecule has 0 radical (unpaired) electrons. The van der Waals surface area contributed by atoms with Gasteiger partial charge in [-0.25, -0.2) is 4.39 Å². The van der Waals surface area contributed by atoms with Gasteiger partial charge < -0.3 is 10.4 Å². The molecular weight excluding hydrogens is 229 g/mol. The van der Waals surface area contributed by atoms with E-state index in [1.807, 2.05) is 0 Å². The van der Waals surface area contributed by atoms with Crippen LogP contribution >= 0.6 is 11.6 Å². The SMILES string of the molecule is OCC1(CNCc2cccc(Cl)c2F)CC1. The van der Waals surface area contributed by atoms with Gasteiger partial charge in [0.25, 0.3) is 0 Å². The van der Waals surface area contributed by atoms with E-state index in [0.717, 1.165) is 19.4 Å². The Bertz CT molecular complexity index is 379. The van der Waals surface area contributed by atoms with Gasteiger partial charge in [-0.3, -0.25) is 0 Å². The quantitative estimate of drug-likeness (QED) is 0.832. The van der Waals surface area contributed by atoms with E-state index in [1.54, 1.807) is 12.1 Å². The van der Waals surface area contributed by atoms with E-state index >= 15 is 0 Å². The predicted molar refractivity (Wildman–Crippen MR) is 61.9 cm³/mol. The number of hydrogen-bond acceptors (Lipinski definition) is 2. The third-order valence-electron chi connectivity index (χ3n) is 3.14. The number of benzene rings is 1. The second-order valence-corrected chi connectivity index (χ2v) is 4.88. The van der Waals surface area contributed by atoms with Crippen molar-refractivity contribution in [3.63, 3.8) is 0 Å². The first-order valence-electron chi connectivity index (χ1n) is 5.41. The van der Waals surface area contributed by atoms with E-state index < -0.39 is 0 Å². The van der Waals surface area contributed by atoms with Crippen molar-refractivity contribution in [1.29, 1.82) is 0 Å². The Morgan fingerprint density at radius 3 is 2.81 bits per heavy atom. The van der Waals surface area contributed by atoms with E-state index in [4.69, 9.17) is 16.7 Å². The van der Waals surface area contributed by atoms with E-state index in [1.165, 1.54) is 6.07 Å². The zero-order chi connectivity index (χ0) is 11.6. The average molecular weight is 244 g/mol. The first kappa shape index (κ1) is 11.8. The lowest BCUT2D eigenvalue weighted by Gasteiger charge is -2.13. The maximum Gasteiger partial charge on any atom is 0.146 e. The molecule has 1 aliphatic carbocycles. The molecule has 88 valence electrons. The van der Waals surface area contributed by atoms with Crippen LogP contribution in [0.4, 0.5) is 4.39 Å². The summed E-state index contributed by atoms with van der Waals surface area (Å²) >= 11 is 5.68. The van der Waals surface area contributed by atoms with Gasteiger partial charge in [0.05, 0.1) is 5.02 Å². The van der Waals surface area contributed by atoms with Crippen LogP contribution in [0.3, 0.4) is 0 Å². The van der Waals surface area contributed by atoms with Crippen molar-refractivity contribution in [1.82, 2.24) is 5.32 Å². The van der Waals surface area contributed by atoms with Gasteiger partial charge in [0.2, 0.25) is 0 Å². The summed E-state index contributed by atoms with van der Waals surface area (Å²) < 4.78 is 13.5. The summed E-state index contributed by atoms with van der Waals surface area (Å²) in [5.74, 6) is -0.356. The zero-order valence-electron chi connectivity index (χ0n) is 8.97. The normalized spacial score (nSPS) is 17.4. The highest BCUT2D eigenvalue weighted by molar-refractivity contribution is 6.30. The van der Waals surface area contributed by atoms with Gasteiger partial charge in [-0.2, -0.15) is 0 Å². The van der Waals surface area contributed by atoms with Crippen molar-refractivity contribution in [2.45, 2.75) is 19.4 Å². The Balaban J connectivity index is 1.88. The fourth-order valence-electron chi connectivity index (χ4n) is 1.71. The first-order chi connectivity index (χ1) is 7.67. The number of rotatable bonds is 5. The summed E-state index contributed by atoms with van der Waals surface area (Å²) in [5, 5.41) is 12.4. The van der Waals surface area contributed by atoms with Crippen molar-refractivity contribution in [3.8, 4) is 0 Å². The monoisotopic (exact) mass is 243 g/mol. The summed E-state index contributed by atoms with van der Waals surface area (Å²) in [6.45, 7) is 1.39. The highest BCUT2D eigenvalue weighted by atomic mass is 35.5. The molecule has 1 aromatic rings. The highest BCUT2D eigenvalue weighted by Gasteiger charge is 2.41. The molecule has 16 heavy (non-hydrogen) atoms.